The van der Waals surface area contributed by atoms with Gasteiger partial charge in [-0.2, -0.15) is 0 Å². The van der Waals surface area contributed by atoms with Crippen LogP contribution in [0.4, 0.5) is 0 Å². The van der Waals surface area contributed by atoms with Gasteiger partial charge >= 0.3 is 7.12 Å². The molecule has 0 saturated heterocycles. The number of amides is 2. The minimum atomic E-state index is -1.66. The number of rotatable bonds is 11. The third-order valence-electron chi connectivity index (χ3n) is 7.70. The summed E-state index contributed by atoms with van der Waals surface area (Å²) in [6.45, 7) is 4.40. The van der Waals surface area contributed by atoms with Gasteiger partial charge in [0.1, 0.15) is 6.04 Å². The van der Waals surface area contributed by atoms with Crippen LogP contribution in [-0.4, -0.2) is 60.5 Å². The van der Waals surface area contributed by atoms with Gasteiger partial charge in [-0.1, -0.05) is 13.8 Å². The van der Waals surface area contributed by atoms with Crippen LogP contribution in [0.15, 0.2) is 0 Å². The van der Waals surface area contributed by atoms with Gasteiger partial charge in [0.25, 0.3) is 0 Å². The molecule has 4 aliphatic carbocycles. The summed E-state index contributed by atoms with van der Waals surface area (Å²) in [6, 6.07) is -0.742. The Morgan fingerprint density at radius 1 is 1.12 bits per heavy atom. The van der Waals surface area contributed by atoms with Crippen molar-refractivity contribution in [3.63, 3.8) is 0 Å². The predicted molar refractivity (Wildman–Crippen MR) is 124 cm³/mol. The van der Waals surface area contributed by atoms with Crippen LogP contribution in [0.2, 0.25) is 0 Å². The molecule has 0 aromatic carbocycles. The topological polar surface area (TPSA) is 147 Å². The molecule has 4 bridgehead atoms. The average Bonchev–Trinajstić information content (AvgIpc) is 3.13. The van der Waals surface area contributed by atoms with E-state index in [4.69, 9.17) is 5.41 Å². The van der Waals surface area contributed by atoms with Crippen molar-refractivity contribution in [2.45, 2.75) is 77.2 Å². The molecule has 0 aromatic heterocycles. The average molecular weight is 449 g/mol. The molecule has 7 N–H and O–H groups in total. The van der Waals surface area contributed by atoms with E-state index in [9.17, 15) is 19.6 Å². The molecule has 32 heavy (non-hydrogen) atoms. The maximum Gasteiger partial charge on any atom is 0.475 e. The highest BCUT2D eigenvalue weighted by Crippen LogP contribution is 2.65. The first kappa shape index (κ1) is 24.8. The molecule has 0 heterocycles. The van der Waals surface area contributed by atoms with Crippen LogP contribution >= 0.6 is 0 Å². The second-order valence-electron chi connectivity index (χ2n) is 10.6. The lowest BCUT2D eigenvalue weighted by atomic mass is 9.74. The van der Waals surface area contributed by atoms with E-state index in [2.05, 4.69) is 21.3 Å². The molecule has 0 spiro atoms. The fourth-order valence-electron chi connectivity index (χ4n) is 6.39. The summed E-state index contributed by atoms with van der Waals surface area (Å²) in [5.74, 6) is 0.922. The Kier molecular flexibility index (Phi) is 8.09. The first-order valence-corrected chi connectivity index (χ1v) is 12.1. The fourth-order valence-corrected chi connectivity index (χ4v) is 6.39. The summed E-state index contributed by atoms with van der Waals surface area (Å²) in [6.07, 6.45) is 6.78. The lowest BCUT2D eigenvalue weighted by Crippen LogP contribution is -2.56. The summed E-state index contributed by atoms with van der Waals surface area (Å²) < 4.78 is 0. The largest absolute Gasteiger partial charge is 0.475 e. The Bertz CT molecular complexity index is 690. The van der Waals surface area contributed by atoms with Crippen LogP contribution in [0.1, 0.15) is 65.2 Å². The van der Waals surface area contributed by atoms with Crippen molar-refractivity contribution in [3.8, 4) is 0 Å². The quantitative estimate of drug-likeness (QED) is 0.105. The van der Waals surface area contributed by atoms with Gasteiger partial charge in [-0.15, -0.1) is 0 Å². The van der Waals surface area contributed by atoms with E-state index < -0.39 is 19.1 Å². The van der Waals surface area contributed by atoms with Gasteiger partial charge < -0.3 is 31.3 Å². The summed E-state index contributed by atoms with van der Waals surface area (Å²) >= 11 is 0. The molecule has 2 unspecified atom stereocenters. The van der Waals surface area contributed by atoms with Crippen LogP contribution < -0.4 is 21.3 Å². The van der Waals surface area contributed by atoms with Gasteiger partial charge in [-0.3, -0.25) is 15.0 Å². The minimum Gasteiger partial charge on any atom is -0.426 e. The van der Waals surface area contributed by atoms with E-state index in [-0.39, 0.29) is 29.1 Å². The van der Waals surface area contributed by atoms with Gasteiger partial charge in [0, 0.05) is 13.6 Å². The van der Waals surface area contributed by atoms with Gasteiger partial charge in [-0.25, -0.2) is 0 Å². The monoisotopic (exact) mass is 449 g/mol. The summed E-state index contributed by atoms with van der Waals surface area (Å²) in [5.41, 5.74) is -0.327. The molecule has 0 aliphatic heterocycles. The van der Waals surface area contributed by atoms with Crippen LogP contribution in [0.3, 0.4) is 0 Å². The summed E-state index contributed by atoms with van der Waals surface area (Å²) in [4.78, 5) is 26.6. The Morgan fingerprint density at radius 3 is 2.34 bits per heavy atom. The molecule has 0 aromatic rings. The third-order valence-corrected chi connectivity index (χ3v) is 7.70. The normalized spacial score (nSPS) is 29.5. The van der Waals surface area contributed by atoms with Crippen molar-refractivity contribution in [1.29, 1.82) is 5.41 Å². The minimum absolute atomic E-state index is 0.00627. The van der Waals surface area contributed by atoms with Crippen LogP contribution in [0, 0.1) is 34.5 Å². The zero-order valence-corrected chi connectivity index (χ0v) is 19.6. The number of guanidine groups is 1. The molecular formula is C22H40BN5O4. The van der Waals surface area contributed by atoms with Gasteiger partial charge in [-0.05, 0) is 75.0 Å². The van der Waals surface area contributed by atoms with Crippen molar-refractivity contribution in [2.75, 3.05) is 13.6 Å². The molecule has 180 valence electrons. The third kappa shape index (κ3) is 5.57. The SMILES string of the molecule is CNC(=N)NCCC[C@H](NC(=O)C12CC3CC(CC1C3)C2)C(=O)N[C@@H](CC(C)C)B(O)O. The zero-order chi connectivity index (χ0) is 23.5. The Balaban J connectivity index is 1.65. The second kappa shape index (κ2) is 10.4. The highest BCUT2D eigenvalue weighted by molar-refractivity contribution is 6.43. The Morgan fingerprint density at radius 2 is 1.78 bits per heavy atom. The molecule has 0 radical (unpaired) electrons. The standard InChI is InChI=1S/C22H40BN5O4/c1-13(2)7-18(23(31)32)28-19(29)17(5-4-6-26-21(24)25-3)27-20(30)22-11-14-8-15(12-22)10-16(22)9-14/h13-18,31-32H,4-12H2,1-3H3,(H,27,30)(H,28,29)(H3,24,25,26)/t14?,15?,16?,17-,18-,22?/m0/s1. The van der Waals surface area contributed by atoms with Gasteiger partial charge in [0.15, 0.2) is 5.96 Å². The zero-order valence-electron chi connectivity index (χ0n) is 19.6. The van der Waals surface area contributed by atoms with Crippen molar-refractivity contribution >= 4 is 24.9 Å². The van der Waals surface area contributed by atoms with Crippen LogP contribution in [0.5, 0.6) is 0 Å². The Hall–Kier alpha value is -1.81. The van der Waals surface area contributed by atoms with Gasteiger partial charge in [0.2, 0.25) is 11.8 Å². The number of carbonyl (C=O) groups excluding carboxylic acids is 2. The summed E-state index contributed by atoms with van der Waals surface area (Å²) in [7, 11) is -0.000104. The maximum atomic E-state index is 13.5. The lowest BCUT2D eigenvalue weighted by Gasteiger charge is -2.33. The van der Waals surface area contributed by atoms with Crippen LogP contribution in [-0.2, 0) is 9.59 Å². The molecule has 4 aliphatic rings. The second-order valence-corrected chi connectivity index (χ2v) is 10.6. The Labute approximate surface area is 191 Å². The number of hydrogen-bond donors (Lipinski definition) is 7. The van der Waals surface area contributed by atoms with Gasteiger partial charge in [0.05, 0.1) is 11.4 Å². The number of nitrogens with one attached hydrogen (secondary N) is 5. The fraction of sp³-hybridized carbons (Fsp3) is 0.864. The molecule has 4 saturated carbocycles. The predicted octanol–water partition coefficient (Wildman–Crippen LogP) is 0.364. The number of hydrogen-bond acceptors (Lipinski definition) is 5. The van der Waals surface area contributed by atoms with E-state index in [0.717, 1.165) is 25.7 Å². The molecular weight excluding hydrogens is 409 g/mol. The molecule has 4 rings (SSSR count). The van der Waals surface area contributed by atoms with E-state index in [1.165, 1.54) is 6.42 Å². The highest BCUT2D eigenvalue weighted by atomic mass is 16.4. The molecule has 9 nitrogen and oxygen atoms in total. The maximum absolute atomic E-state index is 13.5. The first-order chi connectivity index (χ1) is 15.1. The molecule has 4 fully saturated rings. The molecule has 4 atom stereocenters. The van der Waals surface area contributed by atoms with Crippen molar-refractivity contribution in [2.24, 2.45) is 29.1 Å². The van der Waals surface area contributed by atoms with E-state index in [0.29, 0.717) is 43.6 Å². The van der Waals surface area contributed by atoms with Crippen molar-refractivity contribution in [1.82, 2.24) is 21.3 Å². The number of carbonyl (C=O) groups is 2. The summed E-state index contributed by atoms with van der Waals surface area (Å²) in [5, 5.41) is 38.5. The smallest absolute Gasteiger partial charge is 0.426 e. The van der Waals surface area contributed by atoms with E-state index >= 15 is 0 Å². The van der Waals surface area contributed by atoms with E-state index in [1.807, 2.05) is 13.8 Å². The lowest BCUT2D eigenvalue weighted by molar-refractivity contribution is -0.137. The first-order valence-electron chi connectivity index (χ1n) is 12.1. The molecule has 10 heteroatoms. The van der Waals surface area contributed by atoms with Crippen molar-refractivity contribution < 1.29 is 19.6 Å². The van der Waals surface area contributed by atoms with E-state index in [1.54, 1.807) is 7.05 Å². The molecule has 2 amide bonds. The van der Waals surface area contributed by atoms with Crippen molar-refractivity contribution in [3.05, 3.63) is 0 Å². The van der Waals surface area contributed by atoms with Crippen LogP contribution in [0.25, 0.3) is 0 Å². The highest BCUT2D eigenvalue weighted by Gasteiger charge is 2.61.